The van der Waals surface area contributed by atoms with Gasteiger partial charge in [0.25, 0.3) is 0 Å². The minimum absolute atomic E-state index is 0.400. The zero-order chi connectivity index (χ0) is 11.4. The number of aromatic nitrogens is 1. The largest absolute Gasteiger partial charge is 0.342 e. The molecule has 0 aliphatic rings. The number of halogens is 1. The van der Waals surface area contributed by atoms with Crippen molar-refractivity contribution in [3.05, 3.63) is 46.4 Å². The third-order valence-electron chi connectivity index (χ3n) is 2.03. The summed E-state index contributed by atoms with van der Waals surface area (Å²) in [6.07, 6.45) is 1.70. The van der Waals surface area contributed by atoms with Crippen LogP contribution in [0.5, 0.6) is 0 Å². The molecule has 0 saturated carbocycles. The second-order valence-electron chi connectivity index (χ2n) is 3.10. The van der Waals surface area contributed by atoms with Crippen molar-refractivity contribution in [3.8, 4) is 6.07 Å². The van der Waals surface area contributed by atoms with Gasteiger partial charge in [-0.25, -0.2) is 4.98 Å². The second kappa shape index (κ2) is 4.97. The van der Waals surface area contributed by atoms with Crippen LogP contribution < -0.4 is 5.32 Å². The summed E-state index contributed by atoms with van der Waals surface area (Å²) in [5, 5.41) is 15.4. The van der Waals surface area contributed by atoms with Crippen LogP contribution in [-0.4, -0.2) is 4.98 Å². The normalized spacial score (nSPS) is 11.8. The van der Waals surface area contributed by atoms with E-state index in [1.165, 1.54) is 11.3 Å². The molecule has 3 nitrogen and oxygen atoms in total. The van der Waals surface area contributed by atoms with Gasteiger partial charge in [-0.05, 0) is 17.7 Å². The zero-order valence-corrected chi connectivity index (χ0v) is 9.79. The van der Waals surface area contributed by atoms with Crippen molar-refractivity contribution in [1.82, 2.24) is 4.98 Å². The van der Waals surface area contributed by atoms with E-state index in [0.29, 0.717) is 5.02 Å². The highest BCUT2D eigenvalue weighted by molar-refractivity contribution is 7.13. The molecule has 1 aromatic heterocycles. The Hall–Kier alpha value is -1.57. The Labute approximate surface area is 102 Å². The SMILES string of the molecule is N#CC(Nc1nccs1)c1ccc(Cl)cc1. The molecule has 0 radical (unpaired) electrons. The van der Waals surface area contributed by atoms with Crippen LogP contribution in [-0.2, 0) is 0 Å². The maximum atomic E-state index is 9.08. The third kappa shape index (κ3) is 2.51. The topological polar surface area (TPSA) is 48.7 Å². The summed E-state index contributed by atoms with van der Waals surface area (Å²) in [7, 11) is 0. The molecule has 0 amide bonds. The first kappa shape index (κ1) is 10.9. The number of benzene rings is 1. The van der Waals surface area contributed by atoms with Gasteiger partial charge in [-0.15, -0.1) is 11.3 Å². The average molecular weight is 250 g/mol. The molecule has 1 aromatic carbocycles. The van der Waals surface area contributed by atoms with E-state index in [0.717, 1.165) is 10.7 Å². The highest BCUT2D eigenvalue weighted by atomic mass is 35.5. The van der Waals surface area contributed by atoms with Crippen LogP contribution in [0.1, 0.15) is 11.6 Å². The van der Waals surface area contributed by atoms with E-state index < -0.39 is 6.04 Å². The highest BCUT2D eigenvalue weighted by Crippen LogP contribution is 2.21. The van der Waals surface area contributed by atoms with Crippen molar-refractivity contribution < 1.29 is 0 Å². The van der Waals surface area contributed by atoms with Gasteiger partial charge in [0.2, 0.25) is 0 Å². The molecular weight excluding hydrogens is 242 g/mol. The lowest BCUT2D eigenvalue weighted by Gasteiger charge is -2.10. The number of hydrogen-bond acceptors (Lipinski definition) is 4. The first-order valence-corrected chi connectivity index (χ1v) is 5.86. The molecule has 2 aromatic rings. The predicted molar refractivity (Wildman–Crippen MR) is 65.5 cm³/mol. The van der Waals surface area contributed by atoms with Gasteiger partial charge in [-0.3, -0.25) is 0 Å². The zero-order valence-electron chi connectivity index (χ0n) is 8.22. The van der Waals surface area contributed by atoms with Gasteiger partial charge in [-0.2, -0.15) is 5.26 Å². The molecule has 0 spiro atoms. The van der Waals surface area contributed by atoms with E-state index in [1.807, 2.05) is 17.5 Å². The summed E-state index contributed by atoms with van der Waals surface area (Å²) in [5.74, 6) is 0. The molecule has 0 aliphatic heterocycles. The quantitative estimate of drug-likeness (QED) is 0.906. The second-order valence-corrected chi connectivity index (χ2v) is 4.43. The maximum Gasteiger partial charge on any atom is 0.183 e. The van der Waals surface area contributed by atoms with Crippen molar-refractivity contribution >= 4 is 28.1 Å². The number of thiazole rings is 1. The van der Waals surface area contributed by atoms with Crippen molar-refractivity contribution in [2.75, 3.05) is 5.32 Å². The number of nitrogens with one attached hydrogen (secondary N) is 1. The lowest BCUT2D eigenvalue weighted by Crippen LogP contribution is -2.07. The van der Waals surface area contributed by atoms with E-state index in [4.69, 9.17) is 16.9 Å². The van der Waals surface area contributed by atoms with E-state index in [-0.39, 0.29) is 0 Å². The third-order valence-corrected chi connectivity index (χ3v) is 2.99. The summed E-state index contributed by atoms with van der Waals surface area (Å²) in [4.78, 5) is 4.08. The minimum Gasteiger partial charge on any atom is -0.342 e. The molecule has 80 valence electrons. The van der Waals surface area contributed by atoms with Crippen molar-refractivity contribution in [3.63, 3.8) is 0 Å². The van der Waals surface area contributed by atoms with E-state index in [1.54, 1.807) is 18.3 Å². The number of nitrogens with zero attached hydrogens (tertiary/aromatic N) is 2. The van der Waals surface area contributed by atoms with Crippen LogP contribution in [0, 0.1) is 11.3 Å². The Morgan fingerprint density at radius 1 is 1.38 bits per heavy atom. The van der Waals surface area contributed by atoms with Crippen LogP contribution in [0.3, 0.4) is 0 Å². The Balaban J connectivity index is 2.17. The standard InChI is InChI=1S/C11H8ClN3S/c12-9-3-1-8(2-4-9)10(7-13)15-11-14-5-6-16-11/h1-6,10H,(H,14,15). The molecule has 1 N–H and O–H groups in total. The van der Waals surface area contributed by atoms with E-state index in [2.05, 4.69) is 16.4 Å². The van der Waals surface area contributed by atoms with E-state index >= 15 is 0 Å². The van der Waals surface area contributed by atoms with Gasteiger partial charge in [0.15, 0.2) is 5.13 Å². The van der Waals surface area contributed by atoms with Gasteiger partial charge in [0, 0.05) is 16.6 Å². The molecule has 0 bridgehead atoms. The molecule has 1 heterocycles. The summed E-state index contributed by atoms with van der Waals surface area (Å²) in [5.41, 5.74) is 0.877. The molecule has 0 aliphatic carbocycles. The summed E-state index contributed by atoms with van der Waals surface area (Å²) in [6, 6.07) is 8.99. The number of hydrogen-bond donors (Lipinski definition) is 1. The minimum atomic E-state index is -0.400. The molecule has 16 heavy (non-hydrogen) atoms. The first-order valence-electron chi connectivity index (χ1n) is 4.60. The number of nitriles is 1. The first-order chi connectivity index (χ1) is 7.79. The lowest BCUT2D eigenvalue weighted by molar-refractivity contribution is 0.992. The number of anilines is 1. The van der Waals surface area contributed by atoms with Crippen molar-refractivity contribution in [2.24, 2.45) is 0 Å². The predicted octanol–water partition coefficient (Wildman–Crippen LogP) is 3.47. The smallest absolute Gasteiger partial charge is 0.183 e. The molecule has 1 unspecified atom stereocenters. The van der Waals surface area contributed by atoms with Crippen molar-refractivity contribution in [2.45, 2.75) is 6.04 Å². The fourth-order valence-corrected chi connectivity index (χ4v) is 1.95. The van der Waals surface area contributed by atoms with Gasteiger partial charge in [-0.1, -0.05) is 23.7 Å². The number of rotatable bonds is 3. The molecule has 1 atom stereocenters. The molecule has 2 rings (SSSR count). The fourth-order valence-electron chi connectivity index (χ4n) is 1.26. The van der Waals surface area contributed by atoms with Crippen LogP contribution in [0.4, 0.5) is 5.13 Å². The summed E-state index contributed by atoms with van der Waals surface area (Å²) >= 11 is 7.25. The van der Waals surface area contributed by atoms with Crippen LogP contribution in [0.25, 0.3) is 0 Å². The molecule has 5 heteroatoms. The van der Waals surface area contributed by atoms with Crippen molar-refractivity contribution in [1.29, 1.82) is 5.26 Å². The average Bonchev–Trinajstić information content (AvgIpc) is 2.80. The summed E-state index contributed by atoms with van der Waals surface area (Å²) in [6.45, 7) is 0. The highest BCUT2D eigenvalue weighted by Gasteiger charge is 2.10. The maximum absolute atomic E-state index is 9.08. The van der Waals surface area contributed by atoms with Gasteiger partial charge in [0.05, 0.1) is 6.07 Å². The Morgan fingerprint density at radius 3 is 2.69 bits per heavy atom. The Morgan fingerprint density at radius 2 is 2.12 bits per heavy atom. The molecule has 0 fully saturated rings. The van der Waals surface area contributed by atoms with Gasteiger partial charge < -0.3 is 5.32 Å². The Bertz CT molecular complexity index is 487. The van der Waals surface area contributed by atoms with Crippen LogP contribution >= 0.6 is 22.9 Å². The van der Waals surface area contributed by atoms with Crippen LogP contribution in [0.2, 0.25) is 5.02 Å². The van der Waals surface area contributed by atoms with Gasteiger partial charge >= 0.3 is 0 Å². The monoisotopic (exact) mass is 249 g/mol. The lowest BCUT2D eigenvalue weighted by atomic mass is 10.1. The summed E-state index contributed by atoms with van der Waals surface area (Å²) < 4.78 is 0. The molecular formula is C11H8ClN3S. The van der Waals surface area contributed by atoms with Gasteiger partial charge in [0.1, 0.15) is 6.04 Å². The molecule has 0 saturated heterocycles. The fraction of sp³-hybridized carbons (Fsp3) is 0.0909. The van der Waals surface area contributed by atoms with E-state index in [9.17, 15) is 0 Å². The Kier molecular flexibility index (Phi) is 3.40. The van der Waals surface area contributed by atoms with Crippen LogP contribution in [0.15, 0.2) is 35.8 Å².